The molecule has 0 aliphatic carbocycles. The normalized spacial score (nSPS) is 19.9. The minimum Gasteiger partial charge on any atom is -0.264 e. The quantitative estimate of drug-likeness (QED) is 0.701. The first kappa shape index (κ1) is 17.3. The predicted octanol–water partition coefficient (Wildman–Crippen LogP) is 4.26. The fraction of sp³-hybridized carbons (Fsp3) is 0.250. The number of anilines is 2. The first-order valence-electron chi connectivity index (χ1n) is 9.19. The van der Waals surface area contributed by atoms with E-state index < -0.39 is 0 Å². The first-order chi connectivity index (χ1) is 13.7. The van der Waals surface area contributed by atoms with Crippen LogP contribution in [0.3, 0.4) is 0 Å². The second kappa shape index (κ2) is 6.97. The highest BCUT2D eigenvalue weighted by molar-refractivity contribution is 7.17. The highest BCUT2D eigenvalue weighted by Gasteiger charge is 2.28. The van der Waals surface area contributed by atoms with E-state index in [4.69, 9.17) is 9.94 Å². The Kier molecular flexibility index (Phi) is 4.31. The number of thiophene rings is 1. The molecule has 1 unspecified atom stereocenters. The summed E-state index contributed by atoms with van der Waals surface area (Å²) < 4.78 is 1.04. The standard InChI is InChI=1S/C20H19N5O2S/c1-13-6-7-16(14-8-10-27-25(26)18-5-3-2-4-15(14)18)23-24(13)20-19-17(9-11-28-19)21-12-22-20/h2-5,8-9,11-13,26H,6-7,10H2,1H3. The fourth-order valence-corrected chi connectivity index (χ4v) is 4.47. The molecule has 0 fully saturated rings. The van der Waals surface area contributed by atoms with E-state index in [-0.39, 0.29) is 12.6 Å². The molecule has 1 aromatic carbocycles. The molecule has 28 heavy (non-hydrogen) atoms. The van der Waals surface area contributed by atoms with Crippen LogP contribution in [0.15, 0.2) is 53.2 Å². The predicted molar refractivity (Wildman–Crippen MR) is 111 cm³/mol. The van der Waals surface area contributed by atoms with Crippen molar-refractivity contribution in [1.82, 2.24) is 9.97 Å². The lowest BCUT2D eigenvalue weighted by Crippen LogP contribution is -2.34. The molecule has 0 saturated carbocycles. The van der Waals surface area contributed by atoms with Gasteiger partial charge in [0.2, 0.25) is 0 Å². The minimum absolute atomic E-state index is 0.233. The minimum atomic E-state index is 0.233. The molecular weight excluding hydrogens is 374 g/mol. The molecule has 0 radical (unpaired) electrons. The summed E-state index contributed by atoms with van der Waals surface area (Å²) in [4.78, 5) is 14.2. The van der Waals surface area contributed by atoms with Gasteiger partial charge in [0.05, 0.1) is 28.6 Å². The molecule has 2 aliphatic rings. The summed E-state index contributed by atoms with van der Waals surface area (Å²) >= 11 is 1.63. The third-order valence-corrected chi connectivity index (χ3v) is 5.98. The van der Waals surface area contributed by atoms with Crippen molar-refractivity contribution in [1.29, 1.82) is 0 Å². The topological polar surface area (TPSA) is 74.1 Å². The van der Waals surface area contributed by atoms with Crippen LogP contribution in [0.2, 0.25) is 0 Å². The molecule has 4 heterocycles. The highest BCUT2D eigenvalue weighted by Crippen LogP contribution is 2.36. The molecule has 142 valence electrons. The number of rotatable bonds is 2. The Hall–Kier alpha value is -2.81. The van der Waals surface area contributed by atoms with Crippen molar-refractivity contribution in [2.45, 2.75) is 25.8 Å². The van der Waals surface area contributed by atoms with Gasteiger partial charge in [0.25, 0.3) is 0 Å². The Morgan fingerprint density at radius 3 is 3.04 bits per heavy atom. The van der Waals surface area contributed by atoms with E-state index in [1.54, 1.807) is 17.7 Å². The van der Waals surface area contributed by atoms with Crippen LogP contribution in [0.25, 0.3) is 15.8 Å². The van der Waals surface area contributed by atoms with E-state index in [9.17, 15) is 5.21 Å². The van der Waals surface area contributed by atoms with Crippen molar-refractivity contribution in [3.8, 4) is 0 Å². The van der Waals surface area contributed by atoms with Gasteiger partial charge in [0.1, 0.15) is 12.0 Å². The first-order valence-corrected chi connectivity index (χ1v) is 10.1. The number of aromatic nitrogens is 2. The molecule has 1 atom stereocenters. The largest absolute Gasteiger partial charge is 0.264 e. The van der Waals surface area contributed by atoms with Gasteiger partial charge < -0.3 is 0 Å². The second-order valence-corrected chi connectivity index (χ2v) is 7.73. The van der Waals surface area contributed by atoms with Crippen molar-refractivity contribution < 1.29 is 10.0 Å². The summed E-state index contributed by atoms with van der Waals surface area (Å²) in [6.07, 6.45) is 5.38. The van der Waals surface area contributed by atoms with Gasteiger partial charge in [-0.25, -0.2) is 19.8 Å². The van der Waals surface area contributed by atoms with E-state index in [0.717, 1.165) is 51.0 Å². The second-order valence-electron chi connectivity index (χ2n) is 6.81. The van der Waals surface area contributed by atoms with Gasteiger partial charge in [-0.1, -0.05) is 18.2 Å². The maximum Gasteiger partial charge on any atom is 0.170 e. The SMILES string of the molecule is CC1CCC(C2=CCON(O)c3ccccc32)=NN1c1ncnc2ccsc12. The zero-order valence-corrected chi connectivity index (χ0v) is 16.1. The molecule has 0 bridgehead atoms. The van der Waals surface area contributed by atoms with E-state index in [2.05, 4.69) is 16.9 Å². The average Bonchev–Trinajstić information content (AvgIpc) is 3.14. The number of para-hydroxylation sites is 1. The fourth-order valence-electron chi connectivity index (χ4n) is 3.64. The number of benzene rings is 1. The summed E-state index contributed by atoms with van der Waals surface area (Å²) in [7, 11) is 0. The van der Waals surface area contributed by atoms with E-state index in [1.165, 1.54) is 0 Å². The van der Waals surface area contributed by atoms with Crippen LogP contribution < -0.4 is 10.2 Å². The van der Waals surface area contributed by atoms with Crippen LogP contribution in [-0.2, 0) is 4.84 Å². The Morgan fingerprint density at radius 2 is 2.11 bits per heavy atom. The number of hydrogen-bond donors (Lipinski definition) is 1. The van der Waals surface area contributed by atoms with Crippen LogP contribution in [0, 0.1) is 0 Å². The Balaban J connectivity index is 1.61. The van der Waals surface area contributed by atoms with Crippen molar-refractivity contribution in [3.63, 3.8) is 0 Å². The summed E-state index contributed by atoms with van der Waals surface area (Å²) in [6, 6.07) is 9.87. The number of fused-ring (bicyclic) bond motifs is 2. The molecular formula is C20H19N5O2S. The van der Waals surface area contributed by atoms with Gasteiger partial charge in [-0.05, 0) is 43.4 Å². The third-order valence-electron chi connectivity index (χ3n) is 5.08. The molecule has 3 aromatic rings. The van der Waals surface area contributed by atoms with Crippen LogP contribution >= 0.6 is 11.3 Å². The molecule has 7 nitrogen and oxygen atoms in total. The number of hydrogen-bond acceptors (Lipinski definition) is 8. The zero-order chi connectivity index (χ0) is 19.1. The number of nitrogens with zero attached hydrogens (tertiary/aromatic N) is 5. The highest BCUT2D eigenvalue weighted by atomic mass is 32.1. The molecule has 5 rings (SSSR count). The Morgan fingerprint density at radius 1 is 1.21 bits per heavy atom. The molecule has 1 N–H and O–H groups in total. The van der Waals surface area contributed by atoms with Gasteiger partial charge in [-0.3, -0.25) is 5.21 Å². The maximum atomic E-state index is 10.1. The third kappa shape index (κ3) is 2.86. The van der Waals surface area contributed by atoms with Crippen LogP contribution in [0.5, 0.6) is 0 Å². The number of allylic oxidation sites excluding steroid dienone is 1. The van der Waals surface area contributed by atoms with Crippen molar-refractivity contribution >= 4 is 44.3 Å². The Bertz CT molecular complexity index is 1090. The lowest BCUT2D eigenvalue weighted by Gasteiger charge is -2.31. The summed E-state index contributed by atoms with van der Waals surface area (Å²) in [5, 5.41) is 20.0. The summed E-state index contributed by atoms with van der Waals surface area (Å²) in [6.45, 7) is 2.44. The average molecular weight is 393 g/mol. The van der Waals surface area contributed by atoms with Gasteiger partial charge in [-0.2, -0.15) is 5.10 Å². The maximum absolute atomic E-state index is 10.1. The van der Waals surface area contributed by atoms with Crippen LogP contribution in [0.4, 0.5) is 11.5 Å². The van der Waals surface area contributed by atoms with Crippen molar-refractivity contribution in [2.24, 2.45) is 5.10 Å². The van der Waals surface area contributed by atoms with Gasteiger partial charge >= 0.3 is 0 Å². The Labute approximate surface area is 166 Å². The molecule has 2 aromatic heterocycles. The molecule has 8 heteroatoms. The van der Waals surface area contributed by atoms with Crippen LogP contribution in [0.1, 0.15) is 25.3 Å². The van der Waals surface area contributed by atoms with Crippen molar-refractivity contribution in [3.05, 3.63) is 53.7 Å². The molecule has 0 spiro atoms. The smallest absolute Gasteiger partial charge is 0.170 e. The molecule has 2 aliphatic heterocycles. The van der Waals surface area contributed by atoms with E-state index in [0.29, 0.717) is 5.69 Å². The zero-order valence-electron chi connectivity index (χ0n) is 15.3. The van der Waals surface area contributed by atoms with Crippen LogP contribution in [-0.4, -0.2) is 33.5 Å². The van der Waals surface area contributed by atoms with Gasteiger partial charge in [0.15, 0.2) is 5.82 Å². The number of hydrazone groups is 1. The monoisotopic (exact) mass is 393 g/mol. The van der Waals surface area contributed by atoms with Gasteiger partial charge in [-0.15, -0.1) is 16.6 Å². The van der Waals surface area contributed by atoms with E-state index >= 15 is 0 Å². The molecule has 0 saturated heterocycles. The lowest BCUT2D eigenvalue weighted by molar-refractivity contribution is -0.0275. The molecule has 0 amide bonds. The summed E-state index contributed by atoms with van der Waals surface area (Å²) in [5.41, 5.74) is 4.41. The van der Waals surface area contributed by atoms with Gasteiger partial charge in [0, 0.05) is 11.1 Å². The summed E-state index contributed by atoms with van der Waals surface area (Å²) in [5.74, 6) is 0.840. The van der Waals surface area contributed by atoms with E-state index in [1.807, 2.05) is 46.8 Å². The lowest BCUT2D eigenvalue weighted by atomic mass is 9.94. The van der Waals surface area contributed by atoms with Crippen molar-refractivity contribution in [2.75, 3.05) is 16.8 Å².